The van der Waals surface area contributed by atoms with Crippen molar-refractivity contribution in [2.24, 2.45) is 5.92 Å². The Kier molecular flexibility index (Phi) is 8.98. The fourth-order valence-electron chi connectivity index (χ4n) is 3.45. The second-order valence-electron chi connectivity index (χ2n) is 10.2. The molecule has 2 rings (SSSR count). The van der Waals surface area contributed by atoms with Crippen LogP contribution >= 0.6 is 15.9 Å². The minimum absolute atomic E-state index is 0.0352. The van der Waals surface area contributed by atoms with Gasteiger partial charge in [-0.25, -0.2) is 4.79 Å². The van der Waals surface area contributed by atoms with Crippen LogP contribution in [-0.4, -0.2) is 39.2 Å². The number of hydrogen-bond donors (Lipinski definition) is 0. The number of carbonyl (C=O) groups excluding carboxylic acids is 1. The molecule has 0 spiro atoms. The molecular weight excluding hydrogens is 502 g/mol. The van der Waals surface area contributed by atoms with E-state index >= 15 is 0 Å². The molecule has 33 heavy (non-hydrogen) atoms. The number of ether oxygens (including phenoxy) is 2. The third kappa shape index (κ3) is 5.89. The zero-order chi connectivity index (χ0) is 25.1. The molecule has 0 aliphatic heterocycles. The molecule has 2 aromatic rings. The minimum Gasteiger partial charge on any atom is -0.496 e. The molecule has 0 saturated carbocycles. The quantitative estimate of drug-likeness (QED) is 0.212. The Morgan fingerprint density at radius 1 is 1.21 bits per heavy atom. The van der Waals surface area contributed by atoms with Crippen molar-refractivity contribution in [1.82, 2.24) is 4.57 Å². The predicted octanol–water partition coefficient (Wildman–Crippen LogP) is 6.30. The van der Waals surface area contributed by atoms with Gasteiger partial charge in [0.1, 0.15) is 11.3 Å². The summed E-state index contributed by atoms with van der Waals surface area (Å²) in [6, 6.07) is 3.59. The fourth-order valence-corrected chi connectivity index (χ4v) is 4.91. The molecule has 184 valence electrons. The fraction of sp³-hybridized carbons (Fsp3) is 0.600. The molecule has 0 aliphatic rings. The van der Waals surface area contributed by atoms with E-state index in [1.807, 2.05) is 10.6 Å². The maximum absolute atomic E-state index is 13.3. The summed E-state index contributed by atoms with van der Waals surface area (Å²) in [5, 5.41) is 1.07. The Balaban J connectivity index is 2.78. The van der Waals surface area contributed by atoms with Crippen LogP contribution in [0.15, 0.2) is 23.1 Å². The van der Waals surface area contributed by atoms with Crippen LogP contribution in [-0.2, 0) is 14.5 Å². The summed E-state index contributed by atoms with van der Waals surface area (Å²) in [5.41, 5.74) is 1.26. The van der Waals surface area contributed by atoms with Gasteiger partial charge in [0.05, 0.1) is 31.9 Å². The van der Waals surface area contributed by atoms with E-state index in [-0.39, 0.29) is 34.6 Å². The van der Waals surface area contributed by atoms with E-state index < -0.39 is 14.3 Å². The van der Waals surface area contributed by atoms with Gasteiger partial charge in [-0.2, -0.15) is 0 Å². The number of carbonyl (C=O) groups is 1. The highest BCUT2D eigenvalue weighted by atomic mass is 79.9. The molecule has 1 aromatic carbocycles. The highest BCUT2D eigenvalue weighted by Gasteiger charge is 2.38. The largest absolute Gasteiger partial charge is 0.496 e. The second-order valence-corrected chi connectivity index (χ2v) is 15.6. The lowest BCUT2D eigenvalue weighted by Crippen LogP contribution is -2.42. The zero-order valence-electron chi connectivity index (χ0n) is 21.4. The van der Waals surface area contributed by atoms with E-state index in [0.29, 0.717) is 28.6 Å². The molecule has 0 N–H and O–H groups in total. The molecule has 1 aromatic heterocycles. The number of halogens is 1. The smallest absolute Gasteiger partial charge is 0.343 e. The van der Waals surface area contributed by atoms with Crippen molar-refractivity contribution in [3.63, 3.8) is 0 Å². The van der Waals surface area contributed by atoms with Gasteiger partial charge in [0.15, 0.2) is 8.32 Å². The number of aromatic nitrogens is 1. The highest BCUT2D eigenvalue weighted by molar-refractivity contribution is 9.08. The highest BCUT2D eigenvalue weighted by Crippen LogP contribution is 2.38. The number of alkyl halides is 1. The van der Waals surface area contributed by atoms with Gasteiger partial charge >= 0.3 is 5.97 Å². The number of methoxy groups -OCH3 is 1. The molecule has 8 heteroatoms. The number of benzene rings is 1. The van der Waals surface area contributed by atoms with Gasteiger partial charge in [-0.15, -0.1) is 0 Å². The first-order chi connectivity index (χ1) is 15.3. The molecule has 0 radical (unpaired) electrons. The zero-order valence-corrected chi connectivity index (χ0v) is 24.0. The van der Waals surface area contributed by atoms with Crippen LogP contribution in [0.2, 0.25) is 18.1 Å². The number of hydrogen-bond acceptors (Lipinski definition) is 5. The lowest BCUT2D eigenvalue weighted by atomic mass is 10.0. The van der Waals surface area contributed by atoms with Crippen LogP contribution in [0.4, 0.5) is 0 Å². The summed E-state index contributed by atoms with van der Waals surface area (Å²) >= 11 is 3.47. The lowest BCUT2D eigenvalue weighted by Gasteiger charge is -2.38. The summed E-state index contributed by atoms with van der Waals surface area (Å²) in [5.74, 6) is 0.267. The molecule has 0 bridgehead atoms. The molecule has 0 saturated heterocycles. The monoisotopic (exact) mass is 539 g/mol. The van der Waals surface area contributed by atoms with Crippen LogP contribution in [0.5, 0.6) is 5.75 Å². The molecule has 1 atom stereocenters. The van der Waals surface area contributed by atoms with E-state index in [1.54, 1.807) is 26.3 Å². The van der Waals surface area contributed by atoms with E-state index in [0.717, 1.165) is 5.56 Å². The summed E-state index contributed by atoms with van der Waals surface area (Å²) in [4.78, 5) is 26.0. The molecule has 6 nitrogen and oxygen atoms in total. The number of pyridine rings is 1. The van der Waals surface area contributed by atoms with Crippen molar-refractivity contribution in [2.75, 3.05) is 20.3 Å². The molecule has 0 fully saturated rings. The van der Waals surface area contributed by atoms with Crippen LogP contribution < -0.4 is 10.2 Å². The SMILES string of the molecule is CCOC(=O)c1cn([C@H](CO[Si](C)(C)C(C)(C)C)C(C)C)c2cc(OC)c(CBr)cc2c1=O. The van der Waals surface area contributed by atoms with Gasteiger partial charge in [0.2, 0.25) is 5.43 Å². The minimum atomic E-state index is -2.00. The maximum atomic E-state index is 13.3. The number of nitrogens with zero attached hydrogens (tertiary/aromatic N) is 1. The lowest BCUT2D eigenvalue weighted by molar-refractivity contribution is 0.0523. The predicted molar refractivity (Wildman–Crippen MR) is 140 cm³/mol. The summed E-state index contributed by atoms with van der Waals surface area (Å²) in [7, 11) is -0.389. The van der Waals surface area contributed by atoms with E-state index in [2.05, 4.69) is 63.6 Å². The van der Waals surface area contributed by atoms with Crippen LogP contribution in [0.3, 0.4) is 0 Å². The molecule has 1 heterocycles. The van der Waals surface area contributed by atoms with Crippen molar-refractivity contribution in [2.45, 2.75) is 71.0 Å². The van der Waals surface area contributed by atoms with Gasteiger partial charge < -0.3 is 18.5 Å². The number of rotatable bonds is 9. The van der Waals surface area contributed by atoms with Gasteiger partial charge in [0.25, 0.3) is 0 Å². The van der Waals surface area contributed by atoms with Crippen molar-refractivity contribution in [1.29, 1.82) is 0 Å². The Bertz CT molecular complexity index is 1060. The van der Waals surface area contributed by atoms with Crippen molar-refractivity contribution in [3.05, 3.63) is 39.7 Å². The first-order valence-corrected chi connectivity index (χ1v) is 15.4. The Morgan fingerprint density at radius 2 is 1.85 bits per heavy atom. The van der Waals surface area contributed by atoms with Gasteiger partial charge in [-0.05, 0) is 37.0 Å². The Hall–Kier alpha value is -1.64. The summed E-state index contributed by atoms with van der Waals surface area (Å²) in [6.45, 7) is 17.7. The first-order valence-electron chi connectivity index (χ1n) is 11.4. The topological polar surface area (TPSA) is 66.8 Å². The third-order valence-corrected chi connectivity index (χ3v) is 11.7. The van der Waals surface area contributed by atoms with Gasteiger partial charge in [-0.1, -0.05) is 50.5 Å². The van der Waals surface area contributed by atoms with Gasteiger partial charge in [-0.3, -0.25) is 4.79 Å². The van der Waals surface area contributed by atoms with E-state index in [9.17, 15) is 9.59 Å². The number of esters is 1. The third-order valence-electron chi connectivity index (χ3n) is 6.62. The van der Waals surface area contributed by atoms with Crippen LogP contribution in [0.1, 0.15) is 63.5 Å². The van der Waals surface area contributed by atoms with Crippen molar-refractivity contribution < 1.29 is 18.7 Å². The average molecular weight is 541 g/mol. The van der Waals surface area contributed by atoms with E-state index in [1.165, 1.54) is 0 Å². The van der Waals surface area contributed by atoms with Crippen LogP contribution in [0.25, 0.3) is 10.9 Å². The van der Waals surface area contributed by atoms with Crippen molar-refractivity contribution in [3.8, 4) is 5.75 Å². The standard InChI is InChI=1S/C25H38BrNO5Si/c1-10-31-24(29)19-14-27(21(16(2)3)15-32-33(8,9)25(4,5)6)20-12-22(30-7)17(13-26)11-18(20)23(19)28/h11-12,14,16,21H,10,13,15H2,1-9H3/t21-/m1/s1. The van der Waals surface area contributed by atoms with Gasteiger partial charge in [0, 0.05) is 28.5 Å². The first kappa shape index (κ1) is 27.6. The maximum Gasteiger partial charge on any atom is 0.343 e. The molecule has 0 aliphatic carbocycles. The molecule has 0 unspecified atom stereocenters. The molecular formula is C25H38BrNO5Si. The normalized spacial score (nSPS) is 13.4. The van der Waals surface area contributed by atoms with Crippen LogP contribution in [0, 0.1) is 5.92 Å². The van der Waals surface area contributed by atoms with Crippen molar-refractivity contribution >= 4 is 41.1 Å². The Morgan fingerprint density at radius 3 is 2.33 bits per heavy atom. The number of fused-ring (bicyclic) bond motifs is 1. The molecule has 0 amide bonds. The average Bonchev–Trinajstić information content (AvgIpc) is 2.73. The summed E-state index contributed by atoms with van der Waals surface area (Å²) < 4.78 is 19.4. The summed E-state index contributed by atoms with van der Waals surface area (Å²) in [6.07, 6.45) is 1.63. The Labute approximate surface area is 206 Å². The van der Waals surface area contributed by atoms with E-state index in [4.69, 9.17) is 13.9 Å². The second kappa shape index (κ2) is 10.7.